The summed E-state index contributed by atoms with van der Waals surface area (Å²) in [7, 11) is 0. The lowest BCUT2D eigenvalue weighted by Gasteiger charge is -2.31. The van der Waals surface area contributed by atoms with Crippen LogP contribution in [0.5, 0.6) is 0 Å². The number of nitrogens with zero attached hydrogens (tertiary/aromatic N) is 2. The molecule has 0 bridgehead atoms. The van der Waals surface area contributed by atoms with Crippen molar-refractivity contribution in [1.29, 1.82) is 0 Å². The Morgan fingerprint density at radius 1 is 1.43 bits per heavy atom. The van der Waals surface area contributed by atoms with Gasteiger partial charge >= 0.3 is 0 Å². The second-order valence-corrected chi connectivity index (χ2v) is 6.66. The van der Waals surface area contributed by atoms with Crippen molar-refractivity contribution in [3.8, 4) is 0 Å². The molecule has 21 heavy (non-hydrogen) atoms. The molecular weight excluding hydrogens is 282 g/mol. The van der Waals surface area contributed by atoms with Crippen LogP contribution in [0.15, 0.2) is 5.38 Å². The lowest BCUT2D eigenvalue weighted by molar-refractivity contribution is -0.116. The van der Waals surface area contributed by atoms with Crippen LogP contribution in [0.1, 0.15) is 58.6 Å². The molecule has 5 heteroatoms. The van der Waals surface area contributed by atoms with Crippen LogP contribution in [0.3, 0.4) is 0 Å². The van der Waals surface area contributed by atoms with Gasteiger partial charge in [0.2, 0.25) is 5.91 Å². The van der Waals surface area contributed by atoms with E-state index in [2.05, 4.69) is 22.6 Å². The minimum Gasteiger partial charge on any atom is -0.308 e. The molecule has 1 fully saturated rings. The molecule has 2 rings (SSSR count). The standard InChI is InChI=1S/C16H27N3OS/c1-4-13-8-6-7-9-15(13)17-10-14-11-21-16(18-14)19(5-2)12(3)20/h11,13,15,17H,4-10H2,1-3H3. The van der Waals surface area contributed by atoms with Gasteiger partial charge < -0.3 is 5.32 Å². The highest BCUT2D eigenvalue weighted by Crippen LogP contribution is 2.27. The van der Waals surface area contributed by atoms with E-state index in [9.17, 15) is 4.79 Å². The Morgan fingerprint density at radius 2 is 2.19 bits per heavy atom. The molecule has 4 nitrogen and oxygen atoms in total. The van der Waals surface area contributed by atoms with Crippen LogP contribution < -0.4 is 10.2 Å². The van der Waals surface area contributed by atoms with E-state index < -0.39 is 0 Å². The number of carbonyl (C=O) groups excluding carboxylic acids is 1. The van der Waals surface area contributed by atoms with Crippen molar-refractivity contribution in [2.45, 2.75) is 65.5 Å². The number of anilines is 1. The predicted molar refractivity (Wildman–Crippen MR) is 88.7 cm³/mol. The molecule has 0 aromatic carbocycles. The molecule has 0 aliphatic heterocycles. The Balaban J connectivity index is 1.91. The molecule has 1 aliphatic carbocycles. The quantitative estimate of drug-likeness (QED) is 0.873. The average molecular weight is 309 g/mol. The van der Waals surface area contributed by atoms with Gasteiger partial charge in [-0.1, -0.05) is 26.2 Å². The summed E-state index contributed by atoms with van der Waals surface area (Å²) >= 11 is 1.56. The molecular formula is C16H27N3OS. The van der Waals surface area contributed by atoms with Gasteiger partial charge in [-0.2, -0.15) is 0 Å². The van der Waals surface area contributed by atoms with E-state index in [1.54, 1.807) is 23.2 Å². The molecule has 118 valence electrons. The molecule has 0 saturated heterocycles. The average Bonchev–Trinajstić information content (AvgIpc) is 2.94. The van der Waals surface area contributed by atoms with Crippen LogP contribution in [-0.2, 0) is 11.3 Å². The van der Waals surface area contributed by atoms with Crippen molar-refractivity contribution < 1.29 is 4.79 Å². The van der Waals surface area contributed by atoms with E-state index >= 15 is 0 Å². The van der Waals surface area contributed by atoms with E-state index in [0.29, 0.717) is 12.6 Å². The van der Waals surface area contributed by atoms with Gasteiger partial charge in [0.25, 0.3) is 0 Å². The maximum atomic E-state index is 11.5. The Labute approximate surface area is 132 Å². The maximum Gasteiger partial charge on any atom is 0.225 e. The second-order valence-electron chi connectivity index (χ2n) is 5.82. The number of aromatic nitrogens is 1. The number of nitrogens with one attached hydrogen (secondary N) is 1. The lowest BCUT2D eigenvalue weighted by Crippen LogP contribution is -2.37. The van der Waals surface area contributed by atoms with Crippen LogP contribution in [0.25, 0.3) is 0 Å². The molecule has 1 saturated carbocycles. The molecule has 1 aromatic rings. The number of carbonyl (C=O) groups is 1. The van der Waals surface area contributed by atoms with Gasteiger partial charge in [-0.15, -0.1) is 11.3 Å². The van der Waals surface area contributed by atoms with Crippen molar-refractivity contribution in [1.82, 2.24) is 10.3 Å². The van der Waals surface area contributed by atoms with Crippen molar-refractivity contribution in [2.24, 2.45) is 5.92 Å². The van der Waals surface area contributed by atoms with Gasteiger partial charge in [0.1, 0.15) is 0 Å². The number of hydrogen-bond donors (Lipinski definition) is 1. The highest BCUT2D eigenvalue weighted by atomic mass is 32.1. The van der Waals surface area contributed by atoms with Gasteiger partial charge in [-0.05, 0) is 25.7 Å². The Hall–Kier alpha value is -0.940. The molecule has 1 heterocycles. The Morgan fingerprint density at radius 3 is 2.86 bits per heavy atom. The first kappa shape index (κ1) is 16.4. The van der Waals surface area contributed by atoms with Crippen LogP contribution in [0.4, 0.5) is 5.13 Å². The summed E-state index contributed by atoms with van der Waals surface area (Å²) in [5, 5.41) is 6.56. The highest BCUT2D eigenvalue weighted by molar-refractivity contribution is 7.14. The van der Waals surface area contributed by atoms with E-state index in [1.807, 2.05) is 6.92 Å². The summed E-state index contributed by atoms with van der Waals surface area (Å²) in [5.74, 6) is 0.867. The van der Waals surface area contributed by atoms with Crippen molar-refractivity contribution in [3.63, 3.8) is 0 Å². The normalized spacial score (nSPS) is 22.2. The first-order chi connectivity index (χ1) is 10.2. The summed E-state index contributed by atoms with van der Waals surface area (Å²) in [6, 6.07) is 0.629. The molecule has 1 N–H and O–H groups in total. The smallest absolute Gasteiger partial charge is 0.225 e. The van der Waals surface area contributed by atoms with Crippen LogP contribution in [0, 0.1) is 5.92 Å². The van der Waals surface area contributed by atoms with Gasteiger partial charge in [-0.25, -0.2) is 4.98 Å². The summed E-state index contributed by atoms with van der Waals surface area (Å²) in [4.78, 5) is 17.9. The first-order valence-corrected chi connectivity index (χ1v) is 8.99. The van der Waals surface area contributed by atoms with Gasteiger partial charge in [0.15, 0.2) is 5.13 Å². The topological polar surface area (TPSA) is 45.2 Å². The van der Waals surface area contributed by atoms with Crippen LogP contribution in [0.2, 0.25) is 0 Å². The molecule has 1 amide bonds. The lowest BCUT2D eigenvalue weighted by atomic mass is 9.83. The Kier molecular flexibility index (Phi) is 6.18. The first-order valence-electron chi connectivity index (χ1n) is 8.11. The van der Waals surface area contributed by atoms with Crippen LogP contribution >= 0.6 is 11.3 Å². The second kappa shape index (κ2) is 7.90. The summed E-state index contributed by atoms with van der Waals surface area (Å²) in [5.41, 5.74) is 1.05. The highest BCUT2D eigenvalue weighted by Gasteiger charge is 2.23. The molecule has 2 atom stereocenters. The zero-order valence-corrected chi connectivity index (χ0v) is 14.2. The van der Waals surface area contributed by atoms with E-state index in [4.69, 9.17) is 0 Å². The number of hydrogen-bond acceptors (Lipinski definition) is 4. The number of amides is 1. The third-order valence-electron chi connectivity index (χ3n) is 4.45. The fraction of sp³-hybridized carbons (Fsp3) is 0.750. The Bertz CT molecular complexity index is 460. The fourth-order valence-electron chi connectivity index (χ4n) is 3.19. The van der Waals surface area contributed by atoms with Gasteiger partial charge in [-0.3, -0.25) is 9.69 Å². The number of thiazole rings is 1. The third-order valence-corrected chi connectivity index (χ3v) is 5.36. The SMILES string of the molecule is CCC1CCCCC1NCc1csc(N(CC)C(C)=O)n1. The minimum atomic E-state index is 0.0599. The molecule has 0 radical (unpaired) electrons. The van der Waals surface area contributed by atoms with E-state index in [0.717, 1.165) is 23.3 Å². The summed E-state index contributed by atoms with van der Waals surface area (Å²) in [6.45, 7) is 7.35. The van der Waals surface area contributed by atoms with Gasteiger partial charge in [0.05, 0.1) is 5.69 Å². The predicted octanol–water partition coefficient (Wildman–Crippen LogP) is 3.57. The van der Waals surface area contributed by atoms with Gasteiger partial charge in [0, 0.05) is 31.4 Å². The van der Waals surface area contributed by atoms with Crippen molar-refractivity contribution >= 4 is 22.4 Å². The van der Waals surface area contributed by atoms with E-state index in [-0.39, 0.29) is 5.91 Å². The summed E-state index contributed by atoms with van der Waals surface area (Å²) in [6.07, 6.45) is 6.61. The molecule has 0 spiro atoms. The largest absolute Gasteiger partial charge is 0.308 e. The van der Waals surface area contributed by atoms with Crippen molar-refractivity contribution in [2.75, 3.05) is 11.4 Å². The fourth-order valence-corrected chi connectivity index (χ4v) is 4.13. The van der Waals surface area contributed by atoms with Crippen LogP contribution in [-0.4, -0.2) is 23.5 Å². The van der Waals surface area contributed by atoms with Crippen molar-refractivity contribution in [3.05, 3.63) is 11.1 Å². The maximum absolute atomic E-state index is 11.5. The number of rotatable bonds is 6. The zero-order valence-electron chi connectivity index (χ0n) is 13.4. The monoisotopic (exact) mass is 309 g/mol. The minimum absolute atomic E-state index is 0.0599. The molecule has 2 unspecified atom stereocenters. The van der Waals surface area contributed by atoms with E-state index in [1.165, 1.54) is 32.1 Å². The molecule has 1 aromatic heterocycles. The zero-order chi connectivity index (χ0) is 15.2. The summed E-state index contributed by atoms with van der Waals surface area (Å²) < 4.78 is 0. The third kappa shape index (κ3) is 4.27. The molecule has 1 aliphatic rings.